The molecule has 2 aromatic carbocycles. The maximum absolute atomic E-state index is 12.6. The lowest BCUT2D eigenvalue weighted by Crippen LogP contribution is -2.39. The van der Waals surface area contributed by atoms with Crippen LogP contribution >= 0.6 is 23.2 Å². The lowest BCUT2D eigenvalue weighted by Gasteiger charge is -2.23. The first-order chi connectivity index (χ1) is 12.0. The molecule has 1 aliphatic rings. The average Bonchev–Trinajstić information content (AvgIpc) is 2.87. The first kappa shape index (κ1) is 17.9. The van der Waals surface area contributed by atoms with Gasteiger partial charge in [0.15, 0.2) is 0 Å². The number of carbonyl (C=O) groups excluding carboxylic acids is 2. The van der Waals surface area contributed by atoms with E-state index < -0.39 is 0 Å². The standard InChI is InChI=1S/C19H18Cl2N2O2/c1-22(11-13-7-8-16(20)17(21)9-13)12-23-18(24)10-15(19(23)25)14-5-3-2-4-6-14/h2-9,15H,10-12H2,1H3/t15-/m0/s1. The summed E-state index contributed by atoms with van der Waals surface area (Å²) in [6.07, 6.45) is 0.226. The van der Waals surface area contributed by atoms with Crippen molar-refractivity contribution in [1.29, 1.82) is 0 Å². The Balaban J connectivity index is 1.66. The molecule has 4 nitrogen and oxygen atoms in total. The molecule has 3 rings (SSSR count). The number of rotatable bonds is 5. The Morgan fingerprint density at radius 1 is 1.08 bits per heavy atom. The Hall–Kier alpha value is -1.88. The molecule has 2 amide bonds. The van der Waals surface area contributed by atoms with Crippen molar-refractivity contribution >= 4 is 35.0 Å². The predicted octanol–water partition coefficient (Wildman–Crippen LogP) is 3.93. The quantitative estimate of drug-likeness (QED) is 0.742. The molecule has 25 heavy (non-hydrogen) atoms. The summed E-state index contributed by atoms with van der Waals surface area (Å²) < 4.78 is 0. The summed E-state index contributed by atoms with van der Waals surface area (Å²) in [4.78, 5) is 28.2. The predicted molar refractivity (Wildman–Crippen MR) is 98.4 cm³/mol. The number of halogens is 2. The molecule has 1 atom stereocenters. The van der Waals surface area contributed by atoms with Crippen molar-refractivity contribution in [3.63, 3.8) is 0 Å². The van der Waals surface area contributed by atoms with E-state index in [9.17, 15) is 9.59 Å². The Kier molecular flexibility index (Phi) is 5.42. The summed E-state index contributed by atoms with van der Waals surface area (Å²) in [5.41, 5.74) is 1.85. The van der Waals surface area contributed by atoms with E-state index in [0.717, 1.165) is 11.1 Å². The lowest BCUT2D eigenvalue weighted by atomic mass is 9.98. The second-order valence-corrected chi connectivity index (χ2v) is 7.05. The summed E-state index contributed by atoms with van der Waals surface area (Å²) in [5.74, 6) is -0.663. The van der Waals surface area contributed by atoms with Crippen LogP contribution in [0.4, 0.5) is 0 Å². The highest BCUT2D eigenvalue weighted by Gasteiger charge is 2.39. The molecule has 1 fully saturated rings. The summed E-state index contributed by atoms with van der Waals surface area (Å²) in [6, 6.07) is 14.8. The highest BCUT2D eigenvalue weighted by molar-refractivity contribution is 6.42. The number of carbonyl (C=O) groups is 2. The van der Waals surface area contributed by atoms with Crippen molar-refractivity contribution in [2.45, 2.75) is 18.9 Å². The molecule has 1 saturated heterocycles. The van der Waals surface area contributed by atoms with Gasteiger partial charge >= 0.3 is 0 Å². The third kappa shape index (κ3) is 4.03. The first-order valence-corrected chi connectivity index (χ1v) is 8.73. The third-order valence-corrected chi connectivity index (χ3v) is 5.00. The van der Waals surface area contributed by atoms with Crippen LogP contribution < -0.4 is 0 Å². The zero-order valence-corrected chi connectivity index (χ0v) is 15.3. The molecule has 0 N–H and O–H groups in total. The minimum atomic E-state index is -0.382. The van der Waals surface area contributed by atoms with Crippen LogP contribution in [0.15, 0.2) is 48.5 Å². The Morgan fingerprint density at radius 3 is 2.48 bits per heavy atom. The molecule has 0 aliphatic carbocycles. The van der Waals surface area contributed by atoms with Crippen LogP contribution in [0.25, 0.3) is 0 Å². The van der Waals surface area contributed by atoms with E-state index in [-0.39, 0.29) is 30.8 Å². The van der Waals surface area contributed by atoms with Gasteiger partial charge in [0.2, 0.25) is 11.8 Å². The normalized spacial score (nSPS) is 17.6. The van der Waals surface area contributed by atoms with Gasteiger partial charge in [0.05, 0.1) is 22.6 Å². The number of imide groups is 1. The molecule has 1 aliphatic heterocycles. The van der Waals surface area contributed by atoms with Crippen molar-refractivity contribution in [3.05, 3.63) is 69.7 Å². The van der Waals surface area contributed by atoms with Crippen molar-refractivity contribution in [3.8, 4) is 0 Å². The van der Waals surface area contributed by atoms with E-state index in [1.807, 2.05) is 48.3 Å². The molecule has 2 aromatic rings. The zero-order valence-electron chi connectivity index (χ0n) is 13.8. The first-order valence-electron chi connectivity index (χ1n) is 7.97. The fourth-order valence-electron chi connectivity index (χ4n) is 3.02. The zero-order chi connectivity index (χ0) is 18.0. The number of likely N-dealkylation sites (tertiary alicyclic amines) is 1. The van der Waals surface area contributed by atoms with Gasteiger partial charge in [-0.3, -0.25) is 19.4 Å². The topological polar surface area (TPSA) is 40.6 Å². The summed E-state index contributed by atoms with van der Waals surface area (Å²) in [5, 5.41) is 0.994. The largest absolute Gasteiger partial charge is 0.284 e. The SMILES string of the molecule is CN(Cc1ccc(Cl)c(Cl)c1)CN1C(=O)C[C@@H](c2ccccc2)C1=O. The van der Waals surface area contributed by atoms with Gasteiger partial charge in [0.1, 0.15) is 0 Å². The van der Waals surface area contributed by atoms with Crippen LogP contribution in [-0.4, -0.2) is 35.3 Å². The number of nitrogens with zero attached hydrogens (tertiary/aromatic N) is 2. The molecular weight excluding hydrogens is 359 g/mol. The molecule has 1 heterocycles. The van der Waals surface area contributed by atoms with E-state index in [1.165, 1.54) is 4.90 Å². The van der Waals surface area contributed by atoms with Crippen LogP contribution in [-0.2, 0) is 16.1 Å². The van der Waals surface area contributed by atoms with Gasteiger partial charge in [0.25, 0.3) is 0 Å². The molecule has 0 unspecified atom stereocenters. The van der Waals surface area contributed by atoms with Gasteiger partial charge < -0.3 is 0 Å². The lowest BCUT2D eigenvalue weighted by molar-refractivity contribution is -0.141. The molecule has 0 spiro atoms. The van der Waals surface area contributed by atoms with E-state index in [2.05, 4.69) is 0 Å². The molecule has 6 heteroatoms. The highest BCUT2D eigenvalue weighted by atomic mass is 35.5. The number of hydrogen-bond donors (Lipinski definition) is 0. The van der Waals surface area contributed by atoms with E-state index in [0.29, 0.717) is 16.6 Å². The van der Waals surface area contributed by atoms with Crippen LogP contribution in [0.3, 0.4) is 0 Å². The average molecular weight is 377 g/mol. The Morgan fingerprint density at radius 2 is 1.80 bits per heavy atom. The second kappa shape index (κ2) is 7.56. The molecule has 0 bridgehead atoms. The smallest absolute Gasteiger partial charge is 0.238 e. The highest BCUT2D eigenvalue weighted by Crippen LogP contribution is 2.29. The Labute approximate surface area is 156 Å². The minimum absolute atomic E-state index is 0.139. The molecular formula is C19H18Cl2N2O2. The van der Waals surface area contributed by atoms with Crippen molar-refractivity contribution in [1.82, 2.24) is 9.80 Å². The maximum atomic E-state index is 12.6. The summed E-state index contributed by atoms with van der Waals surface area (Å²) >= 11 is 12.0. The molecule has 130 valence electrons. The number of amides is 2. The van der Waals surface area contributed by atoms with E-state index >= 15 is 0 Å². The van der Waals surface area contributed by atoms with Crippen molar-refractivity contribution < 1.29 is 9.59 Å². The summed E-state index contributed by atoms with van der Waals surface area (Å²) in [6.45, 7) is 0.811. The fourth-order valence-corrected chi connectivity index (χ4v) is 3.34. The monoisotopic (exact) mass is 376 g/mol. The Bertz CT molecular complexity index is 795. The van der Waals surface area contributed by atoms with Gasteiger partial charge in [-0.2, -0.15) is 0 Å². The number of benzene rings is 2. The fraction of sp³-hybridized carbons (Fsp3) is 0.263. The minimum Gasteiger partial charge on any atom is -0.284 e. The van der Waals surface area contributed by atoms with Crippen LogP contribution in [0.5, 0.6) is 0 Å². The van der Waals surface area contributed by atoms with Gasteiger partial charge in [-0.15, -0.1) is 0 Å². The van der Waals surface area contributed by atoms with Gasteiger partial charge in [-0.25, -0.2) is 0 Å². The van der Waals surface area contributed by atoms with Gasteiger partial charge in [0, 0.05) is 13.0 Å². The molecule has 0 aromatic heterocycles. The van der Waals surface area contributed by atoms with E-state index in [4.69, 9.17) is 23.2 Å². The molecule has 0 saturated carbocycles. The third-order valence-electron chi connectivity index (χ3n) is 4.27. The van der Waals surface area contributed by atoms with Crippen LogP contribution in [0.1, 0.15) is 23.5 Å². The summed E-state index contributed by atoms with van der Waals surface area (Å²) in [7, 11) is 1.86. The van der Waals surface area contributed by atoms with Gasteiger partial charge in [-0.05, 0) is 30.3 Å². The number of hydrogen-bond acceptors (Lipinski definition) is 3. The van der Waals surface area contributed by atoms with Crippen molar-refractivity contribution in [2.75, 3.05) is 13.7 Å². The maximum Gasteiger partial charge on any atom is 0.238 e. The van der Waals surface area contributed by atoms with E-state index in [1.54, 1.807) is 12.1 Å². The second-order valence-electron chi connectivity index (χ2n) is 6.23. The molecule has 0 radical (unpaired) electrons. The van der Waals surface area contributed by atoms with Gasteiger partial charge in [-0.1, -0.05) is 59.6 Å². The van der Waals surface area contributed by atoms with Crippen LogP contribution in [0, 0.1) is 0 Å². The van der Waals surface area contributed by atoms with Crippen LogP contribution in [0.2, 0.25) is 10.0 Å². The van der Waals surface area contributed by atoms with Crippen molar-refractivity contribution in [2.24, 2.45) is 0 Å².